The van der Waals surface area contributed by atoms with E-state index in [2.05, 4.69) is 15.2 Å². The molecule has 0 saturated heterocycles. The summed E-state index contributed by atoms with van der Waals surface area (Å²) in [5, 5.41) is 8.03. The minimum absolute atomic E-state index is 0. The molecule has 0 saturated carbocycles. The summed E-state index contributed by atoms with van der Waals surface area (Å²) >= 11 is 0. The van der Waals surface area contributed by atoms with Crippen LogP contribution >= 0.6 is 12.4 Å². The fourth-order valence-electron chi connectivity index (χ4n) is 1.17. The van der Waals surface area contributed by atoms with Crippen LogP contribution in [0.25, 0.3) is 0 Å². The Labute approximate surface area is 133 Å². The molecule has 0 bridgehead atoms. The number of hydrogen-bond donors (Lipinski definition) is 4. The first-order chi connectivity index (χ1) is 9.75. The van der Waals surface area contributed by atoms with E-state index in [1.165, 1.54) is 0 Å². The minimum atomic E-state index is -4.67. The number of hydrogen-bond acceptors (Lipinski definition) is 7. The van der Waals surface area contributed by atoms with Gasteiger partial charge in [0.05, 0.1) is 5.69 Å². The second-order valence-electron chi connectivity index (χ2n) is 3.62. The molecule has 6 N–H and O–H groups in total. The van der Waals surface area contributed by atoms with Gasteiger partial charge in [0.2, 0.25) is 0 Å². The number of benzene rings is 1. The van der Waals surface area contributed by atoms with Crippen molar-refractivity contribution in [2.45, 2.75) is 0 Å². The number of rotatable bonds is 2. The third-order valence-electron chi connectivity index (χ3n) is 1.95. The van der Waals surface area contributed by atoms with Gasteiger partial charge in [-0.25, -0.2) is 4.98 Å². The Kier molecular flexibility index (Phi) is 7.98. The van der Waals surface area contributed by atoms with Gasteiger partial charge in [0.1, 0.15) is 11.5 Å². The monoisotopic (exact) mass is 347 g/mol. The largest absolute Gasteiger partial charge is 0.394 e. The molecule has 0 unspecified atom stereocenters. The summed E-state index contributed by atoms with van der Waals surface area (Å²) in [7, 11) is -4.67. The Hall–Kier alpha value is -2.27. The molecule has 0 fully saturated rings. The van der Waals surface area contributed by atoms with Gasteiger partial charge in [-0.2, -0.15) is 13.5 Å². The van der Waals surface area contributed by atoms with E-state index >= 15 is 0 Å². The lowest BCUT2D eigenvalue weighted by atomic mass is 10.3. The van der Waals surface area contributed by atoms with Crippen LogP contribution in [0.1, 0.15) is 0 Å². The van der Waals surface area contributed by atoms with Crippen molar-refractivity contribution in [3.8, 4) is 0 Å². The second kappa shape index (κ2) is 8.89. The summed E-state index contributed by atoms with van der Waals surface area (Å²) in [4.78, 5) is 3.89. The summed E-state index contributed by atoms with van der Waals surface area (Å²) in [5.41, 5.74) is 12.4. The van der Waals surface area contributed by atoms with Crippen molar-refractivity contribution in [1.29, 1.82) is 0 Å². The third-order valence-corrected chi connectivity index (χ3v) is 1.95. The molecule has 1 aromatic carbocycles. The maximum absolute atomic E-state index is 8.74. The number of anilines is 2. The normalized spacial score (nSPS) is 10.5. The number of nitrogens with zero attached hydrogens (tertiary/aromatic N) is 3. The first-order valence-corrected chi connectivity index (χ1v) is 6.84. The van der Waals surface area contributed by atoms with Gasteiger partial charge in [-0.15, -0.1) is 17.5 Å². The average molecular weight is 348 g/mol. The molecule has 9 nitrogen and oxygen atoms in total. The Morgan fingerprint density at radius 1 is 0.955 bits per heavy atom. The van der Waals surface area contributed by atoms with Gasteiger partial charge in [0.15, 0.2) is 5.82 Å². The van der Waals surface area contributed by atoms with E-state index in [4.69, 9.17) is 29.0 Å². The predicted molar refractivity (Wildman–Crippen MR) is 85.1 cm³/mol. The fraction of sp³-hybridized carbons (Fsp3) is 0. The molecule has 0 aliphatic carbocycles. The molecule has 1 heterocycles. The van der Waals surface area contributed by atoms with Crippen LogP contribution in [0.5, 0.6) is 0 Å². The molecule has 22 heavy (non-hydrogen) atoms. The Bertz CT molecular complexity index is 717. The molecule has 0 atom stereocenters. The van der Waals surface area contributed by atoms with Crippen molar-refractivity contribution in [2.24, 2.45) is 10.2 Å². The second-order valence-corrected chi connectivity index (χ2v) is 4.52. The summed E-state index contributed by atoms with van der Waals surface area (Å²) in [6.45, 7) is 0. The van der Waals surface area contributed by atoms with E-state index in [0.29, 0.717) is 11.5 Å². The quantitative estimate of drug-likeness (QED) is 0.478. The molecule has 1 aromatic heterocycles. The zero-order chi connectivity index (χ0) is 15.9. The highest BCUT2D eigenvalue weighted by atomic mass is 35.5. The zero-order valence-electron chi connectivity index (χ0n) is 11.1. The van der Waals surface area contributed by atoms with Crippen molar-refractivity contribution < 1.29 is 17.5 Å². The van der Waals surface area contributed by atoms with Crippen LogP contribution in [-0.2, 0) is 10.4 Å². The maximum Gasteiger partial charge on any atom is 0.394 e. The average Bonchev–Trinajstić information content (AvgIpc) is 2.37. The Morgan fingerprint density at radius 2 is 1.50 bits per heavy atom. The summed E-state index contributed by atoms with van der Waals surface area (Å²) in [6.07, 6.45) is 0. The molecule has 0 aliphatic rings. The van der Waals surface area contributed by atoms with Crippen LogP contribution in [0.15, 0.2) is 52.7 Å². The highest BCUT2D eigenvalue weighted by Crippen LogP contribution is 2.23. The van der Waals surface area contributed by atoms with E-state index in [-0.39, 0.29) is 18.2 Å². The van der Waals surface area contributed by atoms with Gasteiger partial charge in [-0.1, -0.05) is 18.2 Å². The molecule has 0 amide bonds. The van der Waals surface area contributed by atoms with Gasteiger partial charge in [0, 0.05) is 0 Å². The zero-order valence-corrected chi connectivity index (χ0v) is 12.7. The van der Waals surface area contributed by atoms with Gasteiger partial charge in [0.25, 0.3) is 0 Å². The van der Waals surface area contributed by atoms with E-state index in [1.54, 1.807) is 12.1 Å². The van der Waals surface area contributed by atoms with E-state index < -0.39 is 10.4 Å². The lowest BCUT2D eigenvalue weighted by Crippen LogP contribution is -1.95. The smallest absolute Gasteiger partial charge is 0.384 e. The van der Waals surface area contributed by atoms with E-state index in [0.717, 1.165) is 5.69 Å². The molecule has 2 rings (SSSR count). The first-order valence-electron chi connectivity index (χ1n) is 5.44. The van der Waals surface area contributed by atoms with Crippen LogP contribution < -0.4 is 11.5 Å². The molecule has 0 spiro atoms. The van der Waals surface area contributed by atoms with Crippen LogP contribution in [0.4, 0.5) is 23.0 Å². The van der Waals surface area contributed by atoms with Gasteiger partial charge in [-0.3, -0.25) is 9.11 Å². The van der Waals surface area contributed by atoms with Crippen molar-refractivity contribution >= 4 is 45.8 Å². The summed E-state index contributed by atoms with van der Waals surface area (Å²) < 4.78 is 31.6. The van der Waals surface area contributed by atoms with Gasteiger partial charge in [-0.05, 0) is 24.3 Å². The van der Waals surface area contributed by atoms with Crippen LogP contribution in [0.3, 0.4) is 0 Å². The fourth-order valence-corrected chi connectivity index (χ4v) is 1.17. The first kappa shape index (κ1) is 19.7. The molecule has 0 radical (unpaired) electrons. The Morgan fingerprint density at radius 3 is 2.00 bits per heavy atom. The van der Waals surface area contributed by atoms with E-state index in [1.807, 2.05) is 30.3 Å². The number of halogens is 1. The molecule has 2 aromatic rings. The minimum Gasteiger partial charge on any atom is -0.384 e. The highest BCUT2D eigenvalue weighted by Gasteiger charge is 1.98. The predicted octanol–water partition coefficient (Wildman–Crippen LogP) is 2.43. The van der Waals surface area contributed by atoms with Crippen molar-refractivity contribution in [3.63, 3.8) is 0 Å². The molecule has 0 aliphatic heterocycles. The standard InChI is InChI=1S/C11H11N5.ClH.H2O4S/c12-10-7-6-9(11(13)14-10)16-15-8-4-2-1-3-5-8;;1-5(2,3)4/h1-7H,(H4,12,13,14);1H;(H2,1,2,3,4)/b16-15+;;. The van der Waals surface area contributed by atoms with Crippen LogP contribution in [0.2, 0.25) is 0 Å². The van der Waals surface area contributed by atoms with Crippen molar-refractivity contribution in [1.82, 2.24) is 4.98 Å². The van der Waals surface area contributed by atoms with Crippen molar-refractivity contribution in [2.75, 3.05) is 11.5 Å². The summed E-state index contributed by atoms with van der Waals surface area (Å²) in [6, 6.07) is 12.7. The topological polar surface area (TPSA) is 164 Å². The van der Waals surface area contributed by atoms with Crippen LogP contribution in [0, 0.1) is 0 Å². The summed E-state index contributed by atoms with van der Waals surface area (Å²) in [5.74, 6) is 0.649. The van der Waals surface area contributed by atoms with Crippen LogP contribution in [-0.4, -0.2) is 22.5 Å². The highest BCUT2D eigenvalue weighted by molar-refractivity contribution is 7.79. The van der Waals surface area contributed by atoms with Gasteiger partial charge >= 0.3 is 10.4 Å². The lowest BCUT2D eigenvalue weighted by molar-refractivity contribution is 0.381. The SMILES string of the molecule is Cl.Nc1ccc(/N=N/c2ccccc2)c(N)n1.O=S(=O)(O)O. The van der Waals surface area contributed by atoms with Crippen molar-refractivity contribution in [3.05, 3.63) is 42.5 Å². The maximum atomic E-state index is 8.74. The molecular weight excluding hydrogens is 334 g/mol. The van der Waals surface area contributed by atoms with E-state index in [9.17, 15) is 0 Å². The number of pyridine rings is 1. The third kappa shape index (κ3) is 8.81. The number of aromatic nitrogens is 1. The molecule has 120 valence electrons. The lowest BCUT2D eigenvalue weighted by Gasteiger charge is -1.98. The molecule has 11 heteroatoms. The molecular formula is C11H14ClN5O4S. The number of nitrogens with two attached hydrogens (primary N) is 2. The van der Waals surface area contributed by atoms with Gasteiger partial charge < -0.3 is 11.5 Å². The number of nitrogen functional groups attached to an aromatic ring is 2. The number of azo groups is 1. The Balaban J connectivity index is 0.000000644.